The maximum atomic E-state index is 5.46. The van der Waals surface area contributed by atoms with E-state index in [1.807, 2.05) is 12.3 Å². The van der Waals surface area contributed by atoms with E-state index in [4.69, 9.17) is 12.2 Å². The van der Waals surface area contributed by atoms with Crippen LogP contribution in [0.3, 0.4) is 0 Å². The third-order valence-electron chi connectivity index (χ3n) is 3.44. The Hall–Kier alpha value is -1.07. The summed E-state index contributed by atoms with van der Waals surface area (Å²) < 4.78 is 1.69. The van der Waals surface area contributed by atoms with Crippen LogP contribution in [0, 0.1) is 4.64 Å². The van der Waals surface area contributed by atoms with Gasteiger partial charge < -0.3 is 4.98 Å². The lowest BCUT2D eigenvalue weighted by Gasteiger charge is -2.09. The smallest absolute Gasteiger partial charge is 0.140 e. The Kier molecular flexibility index (Phi) is 3.75. The lowest BCUT2D eigenvalue weighted by atomic mass is 10.1. The molecule has 1 aliphatic carbocycles. The molecule has 0 radical (unpaired) electrons. The third-order valence-corrected chi connectivity index (χ3v) is 4.21. The molecule has 2 aromatic rings. The van der Waals surface area contributed by atoms with Crippen molar-refractivity contribution in [3.8, 4) is 11.4 Å². The number of hydrogen-bond donors (Lipinski definition) is 1. The van der Waals surface area contributed by atoms with E-state index in [2.05, 4.69) is 30.9 Å². The molecule has 0 atom stereocenters. The van der Waals surface area contributed by atoms with Gasteiger partial charge in [-0.2, -0.15) is 0 Å². The van der Waals surface area contributed by atoms with Crippen LogP contribution in [0.5, 0.6) is 0 Å². The number of aromatic amines is 1. The average molecular weight is 336 g/mol. The van der Waals surface area contributed by atoms with E-state index in [9.17, 15) is 0 Å². The summed E-state index contributed by atoms with van der Waals surface area (Å²) in [6.07, 6.45) is 9.39. The zero-order valence-electron chi connectivity index (χ0n) is 10.4. The maximum absolute atomic E-state index is 5.46. The zero-order chi connectivity index (χ0) is 13.2. The first kappa shape index (κ1) is 12.9. The molecule has 1 aliphatic rings. The van der Waals surface area contributed by atoms with E-state index in [-0.39, 0.29) is 0 Å². The molecule has 98 valence electrons. The van der Waals surface area contributed by atoms with Crippen LogP contribution in [0.15, 0.2) is 22.9 Å². The Bertz CT molecular complexity index is 666. The van der Waals surface area contributed by atoms with E-state index in [1.54, 1.807) is 6.20 Å². The van der Waals surface area contributed by atoms with Crippen molar-refractivity contribution in [3.05, 3.63) is 38.8 Å². The highest BCUT2D eigenvalue weighted by Crippen LogP contribution is 2.24. The van der Waals surface area contributed by atoms with Crippen molar-refractivity contribution >= 4 is 28.1 Å². The highest BCUT2D eigenvalue weighted by molar-refractivity contribution is 9.10. The molecule has 2 heterocycles. The van der Waals surface area contributed by atoms with Gasteiger partial charge in [-0.1, -0.05) is 18.6 Å². The minimum Gasteiger partial charge on any atom is -0.343 e. The lowest BCUT2D eigenvalue weighted by Crippen LogP contribution is -2.02. The molecule has 0 saturated heterocycles. The first-order valence-electron chi connectivity index (χ1n) is 6.47. The number of hydrogen-bond acceptors (Lipinski definition) is 3. The molecular weight excluding hydrogens is 322 g/mol. The molecule has 3 nitrogen and oxygen atoms in total. The molecule has 0 amide bonds. The van der Waals surface area contributed by atoms with Crippen LogP contribution in [0.2, 0.25) is 0 Å². The number of halogens is 1. The Morgan fingerprint density at radius 2 is 2.00 bits per heavy atom. The average Bonchev–Trinajstić information content (AvgIpc) is 2.64. The van der Waals surface area contributed by atoms with Gasteiger partial charge in [0, 0.05) is 33.7 Å². The van der Waals surface area contributed by atoms with Crippen molar-refractivity contribution in [3.63, 3.8) is 0 Å². The first-order chi connectivity index (χ1) is 9.24. The number of H-pyrrole nitrogens is 1. The van der Waals surface area contributed by atoms with E-state index in [0.717, 1.165) is 33.3 Å². The Morgan fingerprint density at radius 3 is 2.84 bits per heavy atom. The predicted molar refractivity (Wildman–Crippen MR) is 81.6 cm³/mol. The Balaban J connectivity index is 2.11. The van der Waals surface area contributed by atoms with Crippen LogP contribution in [-0.4, -0.2) is 15.0 Å². The summed E-state index contributed by atoms with van der Waals surface area (Å²) in [5.74, 6) is 0.819. The van der Waals surface area contributed by atoms with Crippen LogP contribution in [-0.2, 0) is 12.8 Å². The Labute approximate surface area is 125 Å². The van der Waals surface area contributed by atoms with Crippen molar-refractivity contribution in [2.75, 3.05) is 0 Å². The first-order valence-corrected chi connectivity index (χ1v) is 7.67. The van der Waals surface area contributed by atoms with Gasteiger partial charge in [0.25, 0.3) is 0 Å². The summed E-state index contributed by atoms with van der Waals surface area (Å²) in [6.45, 7) is 0. The monoisotopic (exact) mass is 335 g/mol. The van der Waals surface area contributed by atoms with Crippen LogP contribution in [0.4, 0.5) is 0 Å². The predicted octanol–water partition coefficient (Wildman–Crippen LogP) is 4.23. The topological polar surface area (TPSA) is 41.6 Å². The summed E-state index contributed by atoms with van der Waals surface area (Å²) in [4.78, 5) is 12.2. The number of fused-ring (bicyclic) bond motifs is 1. The van der Waals surface area contributed by atoms with E-state index in [1.165, 1.54) is 30.5 Å². The fourth-order valence-electron chi connectivity index (χ4n) is 2.47. The van der Waals surface area contributed by atoms with Crippen LogP contribution < -0.4 is 0 Å². The molecule has 0 unspecified atom stereocenters. The van der Waals surface area contributed by atoms with Crippen LogP contribution in [0.1, 0.15) is 30.5 Å². The number of pyridine rings is 1. The van der Waals surface area contributed by atoms with Gasteiger partial charge >= 0.3 is 0 Å². The molecular formula is C14H14BrN3S. The van der Waals surface area contributed by atoms with Crippen molar-refractivity contribution in [2.45, 2.75) is 32.1 Å². The standard InChI is InChI=1S/C14H14BrN3S/c15-10-6-9(7-16-8-10)13-17-12-5-3-1-2-4-11(12)14(19)18-13/h6-8H,1-5H2,(H,17,18,19). The van der Waals surface area contributed by atoms with Crippen molar-refractivity contribution in [2.24, 2.45) is 0 Å². The molecule has 0 fully saturated rings. The molecule has 2 aromatic heterocycles. The van der Waals surface area contributed by atoms with Crippen molar-refractivity contribution in [1.82, 2.24) is 15.0 Å². The molecule has 0 saturated carbocycles. The molecule has 0 bridgehead atoms. The quantitative estimate of drug-likeness (QED) is 0.626. The van der Waals surface area contributed by atoms with Gasteiger partial charge in [0.05, 0.1) is 0 Å². The second-order valence-electron chi connectivity index (χ2n) is 4.80. The number of rotatable bonds is 1. The SMILES string of the molecule is S=c1nc(-c2cncc(Br)c2)[nH]c2c1CCCCC2. The largest absolute Gasteiger partial charge is 0.343 e. The van der Waals surface area contributed by atoms with Gasteiger partial charge in [-0.25, -0.2) is 4.98 Å². The van der Waals surface area contributed by atoms with Crippen molar-refractivity contribution < 1.29 is 0 Å². The number of aromatic nitrogens is 3. The van der Waals surface area contributed by atoms with Gasteiger partial charge in [-0.05, 0) is 47.7 Å². The summed E-state index contributed by atoms with van der Waals surface area (Å²) in [5.41, 5.74) is 3.46. The van der Waals surface area contributed by atoms with E-state index < -0.39 is 0 Å². The fraction of sp³-hybridized carbons (Fsp3) is 0.357. The van der Waals surface area contributed by atoms with Gasteiger partial charge in [0.2, 0.25) is 0 Å². The normalized spacial score (nSPS) is 14.8. The third kappa shape index (κ3) is 2.77. The van der Waals surface area contributed by atoms with Crippen molar-refractivity contribution in [1.29, 1.82) is 0 Å². The van der Waals surface area contributed by atoms with Gasteiger partial charge in [0.15, 0.2) is 0 Å². The molecule has 0 spiro atoms. The number of nitrogens with zero attached hydrogens (tertiary/aromatic N) is 2. The molecule has 5 heteroatoms. The highest BCUT2D eigenvalue weighted by Gasteiger charge is 2.13. The molecule has 3 rings (SSSR count). The van der Waals surface area contributed by atoms with Gasteiger partial charge in [-0.15, -0.1) is 0 Å². The molecule has 19 heavy (non-hydrogen) atoms. The minimum atomic E-state index is 0.741. The van der Waals surface area contributed by atoms with E-state index in [0.29, 0.717) is 0 Å². The summed E-state index contributed by atoms with van der Waals surface area (Å²) in [6, 6.07) is 2.00. The van der Waals surface area contributed by atoms with Crippen LogP contribution >= 0.6 is 28.1 Å². The Morgan fingerprint density at radius 1 is 1.16 bits per heavy atom. The maximum Gasteiger partial charge on any atom is 0.140 e. The summed E-state index contributed by atoms with van der Waals surface area (Å²) >= 11 is 8.89. The number of aryl methyl sites for hydroxylation is 1. The minimum absolute atomic E-state index is 0.741. The van der Waals surface area contributed by atoms with Crippen LogP contribution in [0.25, 0.3) is 11.4 Å². The molecule has 1 N–H and O–H groups in total. The van der Waals surface area contributed by atoms with E-state index >= 15 is 0 Å². The fourth-order valence-corrected chi connectivity index (χ4v) is 3.16. The summed E-state index contributed by atoms with van der Waals surface area (Å²) in [7, 11) is 0. The summed E-state index contributed by atoms with van der Waals surface area (Å²) in [5, 5.41) is 0. The lowest BCUT2D eigenvalue weighted by molar-refractivity contribution is 0.708. The number of nitrogens with one attached hydrogen (secondary N) is 1. The zero-order valence-corrected chi connectivity index (χ0v) is 12.9. The second-order valence-corrected chi connectivity index (χ2v) is 6.10. The van der Waals surface area contributed by atoms with Gasteiger partial charge in [0.1, 0.15) is 10.5 Å². The van der Waals surface area contributed by atoms with Gasteiger partial charge in [-0.3, -0.25) is 4.98 Å². The second kappa shape index (κ2) is 5.51. The molecule has 0 aliphatic heterocycles. The molecule has 0 aromatic carbocycles. The highest BCUT2D eigenvalue weighted by atomic mass is 79.9.